The van der Waals surface area contributed by atoms with Crippen molar-refractivity contribution in [2.45, 2.75) is 12.8 Å². The highest BCUT2D eigenvalue weighted by atomic mass is 16.5. The molecule has 6 heteroatoms. The minimum absolute atomic E-state index is 0.0967. The number of aromatic nitrogens is 1. The molecular formula is C18H16N2O4. The molecule has 1 saturated heterocycles. The first kappa shape index (κ1) is 15.9. The highest BCUT2D eigenvalue weighted by Gasteiger charge is 2.21. The van der Waals surface area contributed by atoms with Gasteiger partial charge in [-0.3, -0.25) is 14.6 Å². The molecule has 0 atom stereocenters. The molecule has 1 aromatic heterocycles. The van der Waals surface area contributed by atoms with Crippen LogP contribution < -0.4 is 4.90 Å². The van der Waals surface area contributed by atoms with Gasteiger partial charge < -0.3 is 9.64 Å². The fraction of sp³-hybridized carbons (Fsp3) is 0.222. The minimum Gasteiger partial charge on any atom is -0.454 e. The molecule has 1 aliphatic heterocycles. The van der Waals surface area contributed by atoms with Crippen LogP contribution in [0.25, 0.3) is 0 Å². The summed E-state index contributed by atoms with van der Waals surface area (Å²) in [4.78, 5) is 41.1. The highest BCUT2D eigenvalue weighted by molar-refractivity contribution is 6.00. The van der Waals surface area contributed by atoms with Crippen molar-refractivity contribution in [1.82, 2.24) is 4.98 Å². The van der Waals surface area contributed by atoms with Gasteiger partial charge in [-0.2, -0.15) is 0 Å². The maximum absolute atomic E-state index is 12.1. The molecule has 1 aliphatic rings. The second-order valence-corrected chi connectivity index (χ2v) is 5.44. The number of esters is 1. The van der Waals surface area contributed by atoms with Crippen LogP contribution in [-0.4, -0.2) is 35.8 Å². The Morgan fingerprint density at radius 3 is 2.54 bits per heavy atom. The Morgan fingerprint density at radius 2 is 1.92 bits per heavy atom. The predicted octanol–water partition coefficient (Wildman–Crippen LogP) is 2.25. The minimum atomic E-state index is -0.587. The van der Waals surface area contributed by atoms with Gasteiger partial charge in [0, 0.05) is 36.6 Å². The SMILES string of the molecule is O=C(COC(=O)c1cccnc1)c1ccc(N2CCCC2=O)cc1. The third-order valence-electron chi connectivity index (χ3n) is 3.81. The van der Waals surface area contributed by atoms with Crippen molar-refractivity contribution < 1.29 is 19.1 Å². The molecule has 122 valence electrons. The van der Waals surface area contributed by atoms with Crippen molar-refractivity contribution in [3.05, 3.63) is 59.9 Å². The van der Waals surface area contributed by atoms with E-state index in [1.54, 1.807) is 47.5 Å². The number of carbonyl (C=O) groups excluding carboxylic acids is 3. The number of benzene rings is 1. The van der Waals surface area contributed by atoms with Crippen LogP contribution >= 0.6 is 0 Å². The normalized spacial score (nSPS) is 13.8. The molecule has 0 N–H and O–H groups in total. The number of rotatable bonds is 5. The van der Waals surface area contributed by atoms with Crippen molar-refractivity contribution in [2.24, 2.45) is 0 Å². The van der Waals surface area contributed by atoms with Crippen molar-refractivity contribution in [2.75, 3.05) is 18.1 Å². The number of hydrogen-bond donors (Lipinski definition) is 0. The van der Waals surface area contributed by atoms with Crippen molar-refractivity contribution >= 4 is 23.3 Å². The number of ketones is 1. The van der Waals surface area contributed by atoms with E-state index in [-0.39, 0.29) is 18.3 Å². The number of Topliss-reactive ketones (excluding diaryl/α,β-unsaturated/α-hetero) is 1. The summed E-state index contributed by atoms with van der Waals surface area (Å²) in [6.45, 7) is 0.366. The number of anilines is 1. The van der Waals surface area contributed by atoms with Gasteiger partial charge in [-0.05, 0) is 42.8 Å². The second kappa shape index (κ2) is 7.04. The lowest BCUT2D eigenvalue weighted by atomic mass is 10.1. The number of nitrogens with zero attached hydrogens (tertiary/aromatic N) is 2. The number of carbonyl (C=O) groups is 3. The maximum Gasteiger partial charge on any atom is 0.340 e. The molecular weight excluding hydrogens is 308 g/mol. The summed E-state index contributed by atoms with van der Waals surface area (Å²) >= 11 is 0. The molecule has 0 radical (unpaired) electrons. The fourth-order valence-electron chi connectivity index (χ4n) is 2.53. The molecule has 0 spiro atoms. The predicted molar refractivity (Wildman–Crippen MR) is 86.9 cm³/mol. The molecule has 0 saturated carbocycles. The van der Waals surface area contributed by atoms with Gasteiger partial charge in [0.1, 0.15) is 0 Å². The van der Waals surface area contributed by atoms with Crippen molar-refractivity contribution in [3.63, 3.8) is 0 Å². The summed E-state index contributed by atoms with van der Waals surface area (Å²) < 4.78 is 5.00. The summed E-state index contributed by atoms with van der Waals surface area (Å²) in [6, 6.07) is 9.94. The lowest BCUT2D eigenvalue weighted by Crippen LogP contribution is -2.23. The second-order valence-electron chi connectivity index (χ2n) is 5.44. The quantitative estimate of drug-likeness (QED) is 0.623. The Morgan fingerprint density at radius 1 is 1.12 bits per heavy atom. The molecule has 3 rings (SSSR count). The van der Waals surface area contributed by atoms with E-state index < -0.39 is 5.97 Å². The van der Waals surface area contributed by atoms with Crippen LogP contribution in [0.5, 0.6) is 0 Å². The standard InChI is InChI=1S/C18H16N2O4/c21-16(12-24-18(23)14-3-1-9-19-11-14)13-5-7-15(8-6-13)20-10-2-4-17(20)22/h1,3,5-9,11H,2,4,10,12H2. The van der Waals surface area contributed by atoms with Gasteiger partial charge in [-0.15, -0.1) is 0 Å². The van der Waals surface area contributed by atoms with E-state index in [1.807, 2.05) is 0 Å². The van der Waals surface area contributed by atoms with E-state index in [0.717, 1.165) is 12.1 Å². The smallest absolute Gasteiger partial charge is 0.340 e. The van der Waals surface area contributed by atoms with Gasteiger partial charge >= 0.3 is 5.97 Å². The van der Waals surface area contributed by atoms with Gasteiger partial charge in [0.2, 0.25) is 5.91 Å². The largest absolute Gasteiger partial charge is 0.454 e. The molecule has 1 fully saturated rings. The van der Waals surface area contributed by atoms with Crippen LogP contribution in [0.2, 0.25) is 0 Å². The van der Waals surface area contributed by atoms with Gasteiger partial charge in [0.15, 0.2) is 12.4 Å². The average Bonchev–Trinajstić information content (AvgIpc) is 3.06. The maximum atomic E-state index is 12.1. The fourth-order valence-corrected chi connectivity index (χ4v) is 2.53. The third-order valence-corrected chi connectivity index (χ3v) is 3.81. The van der Waals surface area contributed by atoms with Crippen LogP contribution in [0.4, 0.5) is 5.69 Å². The first-order valence-corrected chi connectivity index (χ1v) is 7.66. The lowest BCUT2D eigenvalue weighted by molar-refractivity contribution is -0.117. The molecule has 1 aromatic carbocycles. The Bertz CT molecular complexity index is 756. The van der Waals surface area contributed by atoms with E-state index >= 15 is 0 Å². The monoisotopic (exact) mass is 324 g/mol. The Labute approximate surface area is 139 Å². The molecule has 24 heavy (non-hydrogen) atoms. The Hall–Kier alpha value is -3.02. The molecule has 2 heterocycles. The zero-order chi connectivity index (χ0) is 16.9. The molecule has 0 bridgehead atoms. The number of pyridine rings is 1. The van der Waals surface area contributed by atoms with Crippen LogP contribution in [-0.2, 0) is 9.53 Å². The summed E-state index contributed by atoms with van der Waals surface area (Å²) in [5.41, 5.74) is 1.51. The zero-order valence-corrected chi connectivity index (χ0v) is 13.0. The number of ether oxygens (including phenoxy) is 1. The van der Waals surface area contributed by atoms with Gasteiger partial charge in [0.05, 0.1) is 5.56 Å². The number of hydrogen-bond acceptors (Lipinski definition) is 5. The molecule has 6 nitrogen and oxygen atoms in total. The van der Waals surface area contributed by atoms with E-state index in [0.29, 0.717) is 24.1 Å². The summed E-state index contributed by atoms with van der Waals surface area (Å²) in [5.74, 6) is -0.790. The van der Waals surface area contributed by atoms with E-state index in [9.17, 15) is 14.4 Å². The molecule has 0 aliphatic carbocycles. The van der Waals surface area contributed by atoms with Crippen molar-refractivity contribution in [1.29, 1.82) is 0 Å². The highest BCUT2D eigenvalue weighted by Crippen LogP contribution is 2.21. The number of amides is 1. The van der Waals surface area contributed by atoms with Crippen LogP contribution in [0, 0.1) is 0 Å². The third kappa shape index (κ3) is 3.48. The molecule has 0 unspecified atom stereocenters. The van der Waals surface area contributed by atoms with Crippen LogP contribution in [0.1, 0.15) is 33.6 Å². The summed E-state index contributed by atoms with van der Waals surface area (Å²) in [7, 11) is 0. The molecule has 2 aromatic rings. The topological polar surface area (TPSA) is 76.6 Å². The van der Waals surface area contributed by atoms with Gasteiger partial charge in [-0.25, -0.2) is 4.79 Å². The van der Waals surface area contributed by atoms with E-state index in [4.69, 9.17) is 4.74 Å². The van der Waals surface area contributed by atoms with Gasteiger partial charge in [0.25, 0.3) is 0 Å². The van der Waals surface area contributed by atoms with Crippen molar-refractivity contribution in [3.8, 4) is 0 Å². The van der Waals surface area contributed by atoms with E-state index in [2.05, 4.69) is 4.98 Å². The van der Waals surface area contributed by atoms with Gasteiger partial charge in [-0.1, -0.05) is 0 Å². The first-order chi connectivity index (χ1) is 11.6. The lowest BCUT2D eigenvalue weighted by Gasteiger charge is -2.15. The van der Waals surface area contributed by atoms with E-state index in [1.165, 1.54) is 6.20 Å². The zero-order valence-electron chi connectivity index (χ0n) is 13.0. The molecule has 1 amide bonds. The Kier molecular flexibility index (Phi) is 4.65. The first-order valence-electron chi connectivity index (χ1n) is 7.66. The average molecular weight is 324 g/mol. The van der Waals surface area contributed by atoms with Crippen LogP contribution in [0.15, 0.2) is 48.8 Å². The Balaban J connectivity index is 1.59. The summed E-state index contributed by atoms with van der Waals surface area (Å²) in [6.07, 6.45) is 4.35. The van der Waals surface area contributed by atoms with Crippen LogP contribution in [0.3, 0.4) is 0 Å². The summed E-state index contributed by atoms with van der Waals surface area (Å²) in [5, 5.41) is 0.